The molecule has 0 unspecified atom stereocenters. The number of alkyl halides is 3. The molecule has 0 saturated carbocycles. The van der Waals surface area contributed by atoms with E-state index < -0.39 is 39.3 Å². The van der Waals surface area contributed by atoms with E-state index in [0.717, 1.165) is 18.2 Å². The maximum absolute atomic E-state index is 13.1. The Morgan fingerprint density at radius 2 is 1.83 bits per heavy atom. The van der Waals surface area contributed by atoms with Crippen LogP contribution in [0.2, 0.25) is 0 Å². The number of hydrogen-bond acceptors (Lipinski definition) is 2. The van der Waals surface area contributed by atoms with Crippen molar-refractivity contribution in [2.45, 2.75) is 13.1 Å². The summed E-state index contributed by atoms with van der Waals surface area (Å²) in [5.41, 5.74) is -1.20. The molecule has 2 rings (SSSR count). The highest BCUT2D eigenvalue weighted by atomic mass is 79.9. The Morgan fingerprint density at radius 1 is 1.17 bits per heavy atom. The molecule has 2 aromatic carbocycles. The lowest BCUT2D eigenvalue weighted by Gasteiger charge is -2.15. The second kappa shape index (κ2) is 6.19. The zero-order valence-corrected chi connectivity index (χ0v) is 13.1. The van der Waals surface area contributed by atoms with Crippen molar-refractivity contribution in [3.63, 3.8) is 0 Å². The molecule has 0 fully saturated rings. The Bertz CT molecular complexity index is 772. The first-order valence-corrected chi connectivity index (χ1v) is 6.97. The highest BCUT2D eigenvalue weighted by Gasteiger charge is 2.35. The van der Waals surface area contributed by atoms with Gasteiger partial charge in [-0.15, -0.1) is 0 Å². The monoisotopic (exact) mass is 392 g/mol. The Hall–Kier alpha value is -2.09. The van der Waals surface area contributed by atoms with E-state index in [1.807, 2.05) is 0 Å². The van der Waals surface area contributed by atoms with Crippen molar-refractivity contribution in [2.75, 3.05) is 0 Å². The number of carbonyl (C=O) groups is 1. The molecule has 0 atom stereocenters. The van der Waals surface area contributed by atoms with Crippen molar-refractivity contribution >= 4 is 21.9 Å². The first-order valence-electron chi connectivity index (χ1n) is 6.17. The van der Waals surface area contributed by atoms with Gasteiger partial charge in [-0.05, 0) is 42.8 Å². The zero-order chi connectivity index (χ0) is 17.4. The van der Waals surface area contributed by atoms with Gasteiger partial charge in [0.05, 0.1) is 5.56 Å². The van der Waals surface area contributed by atoms with Crippen LogP contribution in [0.1, 0.15) is 21.5 Å². The molecule has 122 valence electrons. The fourth-order valence-electron chi connectivity index (χ4n) is 1.87. The molecular formula is C15H9BrF4O3. The van der Waals surface area contributed by atoms with E-state index in [4.69, 9.17) is 9.84 Å². The highest BCUT2D eigenvalue weighted by Crippen LogP contribution is 2.40. The molecule has 0 amide bonds. The summed E-state index contributed by atoms with van der Waals surface area (Å²) >= 11 is 2.71. The largest absolute Gasteiger partial charge is 0.478 e. The van der Waals surface area contributed by atoms with E-state index in [1.54, 1.807) is 0 Å². The Morgan fingerprint density at radius 3 is 2.35 bits per heavy atom. The molecule has 0 radical (unpaired) electrons. The number of carboxylic acid groups (broad SMARTS) is 1. The molecule has 3 nitrogen and oxygen atoms in total. The minimum Gasteiger partial charge on any atom is -0.478 e. The van der Waals surface area contributed by atoms with Crippen molar-refractivity contribution in [1.82, 2.24) is 0 Å². The van der Waals surface area contributed by atoms with Gasteiger partial charge < -0.3 is 9.84 Å². The smallest absolute Gasteiger partial charge is 0.417 e. The third-order valence-electron chi connectivity index (χ3n) is 2.96. The summed E-state index contributed by atoms with van der Waals surface area (Å²) in [7, 11) is 0. The van der Waals surface area contributed by atoms with E-state index in [-0.39, 0.29) is 5.75 Å². The van der Waals surface area contributed by atoms with Gasteiger partial charge in [-0.1, -0.05) is 15.9 Å². The lowest BCUT2D eigenvalue weighted by molar-refractivity contribution is -0.138. The first kappa shape index (κ1) is 17.3. The standard InChI is InChI=1S/C15H9BrF4O3/c1-7-4-8(17)2-3-12(7)23-13-6-10(15(18,19)20)11(16)5-9(13)14(21)22/h2-6H,1H3,(H,21,22). The van der Waals surface area contributed by atoms with Crippen molar-refractivity contribution in [3.8, 4) is 11.5 Å². The molecule has 2 aromatic rings. The van der Waals surface area contributed by atoms with E-state index in [1.165, 1.54) is 13.0 Å². The van der Waals surface area contributed by atoms with Gasteiger partial charge >= 0.3 is 12.1 Å². The van der Waals surface area contributed by atoms with Crippen LogP contribution in [0.4, 0.5) is 17.6 Å². The molecule has 0 aliphatic carbocycles. The number of rotatable bonds is 3. The second-order valence-electron chi connectivity index (χ2n) is 4.64. The summed E-state index contributed by atoms with van der Waals surface area (Å²) < 4.78 is 56.8. The van der Waals surface area contributed by atoms with Gasteiger partial charge in [-0.2, -0.15) is 13.2 Å². The fourth-order valence-corrected chi connectivity index (χ4v) is 2.44. The summed E-state index contributed by atoms with van der Waals surface area (Å²) in [6, 6.07) is 4.81. The van der Waals surface area contributed by atoms with Gasteiger partial charge in [0.1, 0.15) is 22.9 Å². The van der Waals surface area contributed by atoms with Crippen LogP contribution in [0, 0.1) is 12.7 Å². The fraction of sp³-hybridized carbons (Fsp3) is 0.133. The van der Waals surface area contributed by atoms with Gasteiger partial charge in [0.25, 0.3) is 0 Å². The predicted octanol–water partition coefficient (Wildman–Crippen LogP) is 5.41. The molecule has 0 aromatic heterocycles. The molecule has 0 aliphatic rings. The summed E-state index contributed by atoms with van der Waals surface area (Å²) in [6.45, 7) is 1.49. The normalized spacial score (nSPS) is 11.4. The topological polar surface area (TPSA) is 46.5 Å². The third-order valence-corrected chi connectivity index (χ3v) is 3.62. The van der Waals surface area contributed by atoms with Crippen molar-refractivity contribution in [2.24, 2.45) is 0 Å². The number of aromatic carboxylic acids is 1. The van der Waals surface area contributed by atoms with Crippen LogP contribution in [0.5, 0.6) is 11.5 Å². The van der Waals surface area contributed by atoms with Crippen molar-refractivity contribution in [3.05, 3.63) is 57.3 Å². The van der Waals surface area contributed by atoms with Gasteiger partial charge in [0.2, 0.25) is 0 Å². The predicted molar refractivity (Wildman–Crippen MR) is 77.3 cm³/mol. The van der Waals surface area contributed by atoms with E-state index in [0.29, 0.717) is 11.6 Å². The van der Waals surface area contributed by atoms with Crippen LogP contribution < -0.4 is 4.74 Å². The molecular weight excluding hydrogens is 384 g/mol. The van der Waals surface area contributed by atoms with Crippen LogP contribution in [-0.4, -0.2) is 11.1 Å². The van der Waals surface area contributed by atoms with Crippen LogP contribution in [-0.2, 0) is 6.18 Å². The maximum atomic E-state index is 13.1. The quantitative estimate of drug-likeness (QED) is 0.710. The third kappa shape index (κ3) is 3.82. The number of carboxylic acids is 1. The van der Waals surface area contributed by atoms with Crippen molar-refractivity contribution < 1.29 is 32.2 Å². The average molecular weight is 393 g/mol. The Kier molecular flexibility index (Phi) is 4.65. The molecule has 8 heteroatoms. The lowest BCUT2D eigenvalue weighted by Crippen LogP contribution is -2.09. The average Bonchev–Trinajstić information content (AvgIpc) is 2.41. The van der Waals surface area contributed by atoms with Crippen LogP contribution in [0.25, 0.3) is 0 Å². The summed E-state index contributed by atoms with van der Waals surface area (Å²) in [4.78, 5) is 11.2. The molecule has 0 saturated heterocycles. The molecule has 0 bridgehead atoms. The number of hydrogen-bond donors (Lipinski definition) is 1. The van der Waals surface area contributed by atoms with Gasteiger partial charge in [0.15, 0.2) is 0 Å². The molecule has 0 heterocycles. The highest BCUT2D eigenvalue weighted by molar-refractivity contribution is 9.10. The Balaban J connectivity index is 2.57. The van der Waals surface area contributed by atoms with Gasteiger partial charge in [-0.3, -0.25) is 0 Å². The van der Waals surface area contributed by atoms with Crippen molar-refractivity contribution in [1.29, 1.82) is 0 Å². The van der Waals surface area contributed by atoms with Crippen LogP contribution in [0.3, 0.4) is 0 Å². The lowest BCUT2D eigenvalue weighted by atomic mass is 10.1. The molecule has 0 aliphatic heterocycles. The van der Waals surface area contributed by atoms with Crippen LogP contribution in [0.15, 0.2) is 34.8 Å². The van der Waals surface area contributed by atoms with E-state index >= 15 is 0 Å². The van der Waals surface area contributed by atoms with Crippen LogP contribution >= 0.6 is 15.9 Å². The minimum absolute atomic E-state index is 0.0596. The first-order chi connectivity index (χ1) is 10.6. The molecule has 23 heavy (non-hydrogen) atoms. The van der Waals surface area contributed by atoms with E-state index in [2.05, 4.69) is 15.9 Å². The summed E-state index contributed by atoms with van der Waals surface area (Å²) in [6.07, 6.45) is -4.69. The van der Waals surface area contributed by atoms with Gasteiger partial charge in [-0.25, -0.2) is 9.18 Å². The summed E-state index contributed by atoms with van der Waals surface area (Å²) in [5, 5.41) is 9.13. The number of aryl methyl sites for hydroxylation is 1. The minimum atomic E-state index is -4.69. The number of halogens is 5. The zero-order valence-electron chi connectivity index (χ0n) is 11.5. The maximum Gasteiger partial charge on any atom is 0.417 e. The van der Waals surface area contributed by atoms with E-state index in [9.17, 15) is 22.4 Å². The summed E-state index contributed by atoms with van der Waals surface area (Å²) in [5.74, 6) is -2.42. The SMILES string of the molecule is Cc1cc(F)ccc1Oc1cc(C(F)(F)F)c(Br)cc1C(=O)O. The Labute approximate surface area is 136 Å². The molecule has 0 spiro atoms. The van der Waals surface area contributed by atoms with Gasteiger partial charge in [0, 0.05) is 4.47 Å². The number of benzene rings is 2. The number of ether oxygens (including phenoxy) is 1. The molecule has 1 N–H and O–H groups in total. The second-order valence-corrected chi connectivity index (χ2v) is 5.50.